The Balaban J connectivity index is 2.30. The Labute approximate surface area is 118 Å². The van der Waals surface area contributed by atoms with Crippen molar-refractivity contribution in [1.82, 2.24) is 0 Å². The van der Waals surface area contributed by atoms with E-state index in [1.165, 1.54) is 18.9 Å². The van der Waals surface area contributed by atoms with Crippen molar-refractivity contribution in [2.75, 3.05) is 25.2 Å². The van der Waals surface area contributed by atoms with Gasteiger partial charge in [0.05, 0.1) is 31.0 Å². The summed E-state index contributed by atoms with van der Waals surface area (Å²) in [4.78, 5) is 22.6. The first-order valence-electron chi connectivity index (χ1n) is 6.54. The molecule has 0 aromatic rings. The molecule has 1 rings (SSSR count). The van der Waals surface area contributed by atoms with E-state index in [1.54, 1.807) is 6.92 Å². The van der Waals surface area contributed by atoms with Gasteiger partial charge in [0.25, 0.3) is 0 Å². The van der Waals surface area contributed by atoms with E-state index in [4.69, 9.17) is 4.74 Å². The molecule has 0 unspecified atom stereocenters. The predicted molar refractivity (Wildman–Crippen MR) is 72.9 cm³/mol. The minimum atomic E-state index is -0.776. The molecule has 0 aromatic heterocycles. The molecule has 0 bridgehead atoms. The molecule has 0 aromatic carbocycles. The summed E-state index contributed by atoms with van der Waals surface area (Å²) in [5.41, 5.74) is -0.776. The van der Waals surface area contributed by atoms with Crippen molar-refractivity contribution >= 4 is 23.7 Å². The Hall–Kier alpha value is -0.750. The number of carbonyl (C=O) groups is 2. The monoisotopic (exact) mass is 290 g/mol. The average Bonchev–Trinajstić information content (AvgIpc) is 2.39. The Bertz CT molecular complexity index is 310. The number of thioether (sulfide) groups is 1. The second kappa shape index (κ2) is 7.75. The highest BCUT2D eigenvalue weighted by Crippen LogP contribution is 2.34. The Morgan fingerprint density at radius 2 is 2.00 bits per heavy atom. The van der Waals surface area contributed by atoms with Crippen molar-refractivity contribution in [3.63, 3.8) is 0 Å². The van der Waals surface area contributed by atoms with Crippen LogP contribution >= 0.6 is 11.8 Å². The Morgan fingerprint density at radius 3 is 2.53 bits per heavy atom. The molecule has 0 spiro atoms. The minimum Gasteiger partial charge on any atom is -0.468 e. The van der Waals surface area contributed by atoms with Gasteiger partial charge in [-0.05, 0) is 32.6 Å². The van der Waals surface area contributed by atoms with Crippen molar-refractivity contribution in [3.8, 4) is 0 Å². The number of aliphatic hydroxyl groups is 1. The zero-order chi connectivity index (χ0) is 14.3. The molecule has 0 heterocycles. The normalized spacial score (nSPS) is 26.8. The zero-order valence-corrected chi connectivity index (χ0v) is 12.3. The first-order valence-corrected chi connectivity index (χ1v) is 7.70. The lowest BCUT2D eigenvalue weighted by Gasteiger charge is -2.34. The van der Waals surface area contributed by atoms with Crippen molar-refractivity contribution in [3.05, 3.63) is 0 Å². The predicted octanol–water partition coefficient (Wildman–Crippen LogP) is 1.38. The average molecular weight is 290 g/mol. The van der Waals surface area contributed by atoms with Gasteiger partial charge in [-0.3, -0.25) is 9.59 Å². The summed E-state index contributed by atoms with van der Waals surface area (Å²) in [5, 5.41) is 10.4. The minimum absolute atomic E-state index is 0.0918. The molecule has 1 aliphatic carbocycles. The fourth-order valence-electron chi connectivity index (χ4n) is 2.18. The maximum atomic E-state index is 11.6. The van der Waals surface area contributed by atoms with Crippen LogP contribution in [0.5, 0.6) is 0 Å². The summed E-state index contributed by atoms with van der Waals surface area (Å²) in [5.74, 6) is 0.212. The molecule has 0 amide bonds. The van der Waals surface area contributed by atoms with E-state index in [-0.39, 0.29) is 23.6 Å². The molecule has 1 aliphatic rings. The van der Waals surface area contributed by atoms with E-state index in [2.05, 4.69) is 4.74 Å². The van der Waals surface area contributed by atoms with E-state index in [9.17, 15) is 14.7 Å². The maximum Gasteiger partial charge on any atom is 0.315 e. The summed E-state index contributed by atoms with van der Waals surface area (Å²) in [6, 6.07) is 0. The van der Waals surface area contributed by atoms with Gasteiger partial charge in [0, 0.05) is 5.75 Å². The van der Waals surface area contributed by atoms with Gasteiger partial charge in [0.1, 0.15) is 0 Å². The van der Waals surface area contributed by atoms with Crippen molar-refractivity contribution < 1.29 is 24.2 Å². The second-order valence-corrected chi connectivity index (χ2v) is 5.81. The van der Waals surface area contributed by atoms with Crippen LogP contribution in [0.25, 0.3) is 0 Å². The van der Waals surface area contributed by atoms with Gasteiger partial charge in [-0.25, -0.2) is 0 Å². The standard InChI is InChI=1S/C13H22O5S/c1-3-18-12(15)10-4-6-13(16,7-5-10)9-19-8-11(14)17-2/h10,16H,3-9H2,1-2H3. The quantitative estimate of drug-likeness (QED) is 0.745. The highest BCUT2D eigenvalue weighted by atomic mass is 32.2. The van der Waals surface area contributed by atoms with Crippen LogP contribution in [0, 0.1) is 5.92 Å². The van der Waals surface area contributed by atoms with E-state index in [0.717, 1.165) is 0 Å². The number of esters is 2. The number of hydrogen-bond donors (Lipinski definition) is 1. The molecule has 0 radical (unpaired) electrons. The van der Waals surface area contributed by atoms with Crippen LogP contribution in [0.2, 0.25) is 0 Å². The third kappa shape index (κ3) is 5.40. The topological polar surface area (TPSA) is 72.8 Å². The third-order valence-corrected chi connectivity index (χ3v) is 4.54. The molecule has 1 fully saturated rings. The fraction of sp³-hybridized carbons (Fsp3) is 0.846. The molecule has 1 saturated carbocycles. The molecule has 0 aliphatic heterocycles. The largest absolute Gasteiger partial charge is 0.468 e. The van der Waals surface area contributed by atoms with Gasteiger partial charge in [-0.1, -0.05) is 0 Å². The molecule has 110 valence electrons. The molecule has 0 atom stereocenters. The number of carbonyl (C=O) groups excluding carboxylic acids is 2. The van der Waals surface area contributed by atoms with Crippen LogP contribution in [0.15, 0.2) is 0 Å². The molecule has 5 nitrogen and oxygen atoms in total. The van der Waals surface area contributed by atoms with E-state index in [1.807, 2.05) is 0 Å². The van der Waals surface area contributed by atoms with Crippen LogP contribution < -0.4 is 0 Å². The molecule has 0 saturated heterocycles. The molecular formula is C13H22O5S. The van der Waals surface area contributed by atoms with Crippen molar-refractivity contribution in [2.24, 2.45) is 5.92 Å². The lowest BCUT2D eigenvalue weighted by atomic mass is 9.80. The SMILES string of the molecule is CCOC(=O)C1CCC(O)(CSCC(=O)OC)CC1. The van der Waals surface area contributed by atoms with Gasteiger partial charge >= 0.3 is 11.9 Å². The Kier molecular flexibility index (Phi) is 6.65. The smallest absolute Gasteiger partial charge is 0.315 e. The van der Waals surface area contributed by atoms with Crippen molar-refractivity contribution in [1.29, 1.82) is 0 Å². The van der Waals surface area contributed by atoms with E-state index >= 15 is 0 Å². The highest BCUT2D eigenvalue weighted by Gasteiger charge is 2.36. The van der Waals surface area contributed by atoms with Crippen molar-refractivity contribution in [2.45, 2.75) is 38.2 Å². The van der Waals surface area contributed by atoms with Gasteiger partial charge in [-0.2, -0.15) is 0 Å². The van der Waals surface area contributed by atoms with E-state index < -0.39 is 5.60 Å². The third-order valence-electron chi connectivity index (χ3n) is 3.35. The first kappa shape index (κ1) is 16.3. The van der Waals surface area contributed by atoms with E-state index in [0.29, 0.717) is 38.0 Å². The molecule has 6 heteroatoms. The maximum absolute atomic E-state index is 11.6. The summed E-state index contributed by atoms with van der Waals surface area (Å²) in [6.45, 7) is 2.19. The summed E-state index contributed by atoms with van der Waals surface area (Å²) < 4.78 is 9.54. The number of ether oxygens (including phenoxy) is 2. The summed E-state index contributed by atoms with van der Waals surface area (Å²) in [7, 11) is 1.35. The first-order chi connectivity index (χ1) is 9.00. The summed E-state index contributed by atoms with van der Waals surface area (Å²) in [6.07, 6.45) is 2.44. The molecular weight excluding hydrogens is 268 g/mol. The molecule has 19 heavy (non-hydrogen) atoms. The Morgan fingerprint density at radius 1 is 1.37 bits per heavy atom. The van der Waals surface area contributed by atoms with Gasteiger partial charge in [0.15, 0.2) is 0 Å². The van der Waals surface area contributed by atoms with Crippen LogP contribution in [0.1, 0.15) is 32.6 Å². The van der Waals surface area contributed by atoms with Crippen LogP contribution in [0.3, 0.4) is 0 Å². The number of rotatable bonds is 6. The number of methoxy groups -OCH3 is 1. The van der Waals surface area contributed by atoms with Gasteiger partial charge < -0.3 is 14.6 Å². The van der Waals surface area contributed by atoms with Crippen LogP contribution in [-0.2, 0) is 19.1 Å². The van der Waals surface area contributed by atoms with Crippen LogP contribution in [-0.4, -0.2) is 47.9 Å². The molecule has 1 N–H and O–H groups in total. The highest BCUT2D eigenvalue weighted by molar-refractivity contribution is 8.00. The van der Waals surface area contributed by atoms with Crippen LogP contribution in [0.4, 0.5) is 0 Å². The zero-order valence-electron chi connectivity index (χ0n) is 11.5. The fourth-order valence-corrected chi connectivity index (χ4v) is 3.23. The lowest BCUT2D eigenvalue weighted by Crippen LogP contribution is -2.39. The van der Waals surface area contributed by atoms with Gasteiger partial charge in [-0.15, -0.1) is 11.8 Å². The number of hydrogen-bond acceptors (Lipinski definition) is 6. The second-order valence-electron chi connectivity index (χ2n) is 4.82. The van der Waals surface area contributed by atoms with Gasteiger partial charge in [0.2, 0.25) is 0 Å². The lowest BCUT2D eigenvalue weighted by molar-refractivity contribution is -0.150. The summed E-state index contributed by atoms with van der Waals surface area (Å²) >= 11 is 1.37.